The highest BCUT2D eigenvalue weighted by molar-refractivity contribution is 7.14. The van der Waals surface area contributed by atoms with E-state index in [1.54, 1.807) is 18.4 Å². The smallest absolute Gasteiger partial charge is 0.357 e. The molecule has 2 aromatic rings. The van der Waals surface area contributed by atoms with Gasteiger partial charge in [0.05, 0.1) is 13.2 Å². The lowest BCUT2D eigenvalue weighted by Crippen LogP contribution is -2.09. The second-order valence-corrected chi connectivity index (χ2v) is 5.86. The van der Waals surface area contributed by atoms with Gasteiger partial charge in [0.25, 0.3) is 0 Å². The fourth-order valence-electron chi connectivity index (χ4n) is 1.84. The average molecular weight is 360 g/mol. The molecule has 0 spiro atoms. The van der Waals surface area contributed by atoms with Gasteiger partial charge in [-0.05, 0) is 37.1 Å². The summed E-state index contributed by atoms with van der Waals surface area (Å²) in [7, 11) is 0. The van der Waals surface area contributed by atoms with Crippen LogP contribution in [0.3, 0.4) is 0 Å². The molecule has 0 bridgehead atoms. The SMILES string of the molecule is CCCOc1ccc(C=CC(=O)Nc2nc(C(=O)OCC)cs2)cc1. The molecule has 1 heterocycles. The summed E-state index contributed by atoms with van der Waals surface area (Å²) in [4.78, 5) is 27.5. The number of rotatable bonds is 8. The number of anilines is 1. The molecule has 0 unspecified atom stereocenters. The summed E-state index contributed by atoms with van der Waals surface area (Å²) in [5, 5.41) is 4.51. The number of aromatic nitrogens is 1. The van der Waals surface area contributed by atoms with E-state index < -0.39 is 5.97 Å². The van der Waals surface area contributed by atoms with Crippen LogP contribution in [0.2, 0.25) is 0 Å². The van der Waals surface area contributed by atoms with Crippen molar-refractivity contribution in [1.29, 1.82) is 0 Å². The molecule has 132 valence electrons. The van der Waals surface area contributed by atoms with Crippen LogP contribution in [-0.2, 0) is 9.53 Å². The van der Waals surface area contributed by atoms with Gasteiger partial charge in [-0.3, -0.25) is 10.1 Å². The van der Waals surface area contributed by atoms with Crippen LogP contribution in [0.4, 0.5) is 5.13 Å². The summed E-state index contributed by atoms with van der Waals surface area (Å²) in [6.45, 7) is 4.73. The van der Waals surface area contributed by atoms with Gasteiger partial charge in [0.15, 0.2) is 10.8 Å². The number of nitrogens with zero attached hydrogens (tertiary/aromatic N) is 1. The lowest BCUT2D eigenvalue weighted by Gasteiger charge is -2.03. The Balaban J connectivity index is 1.89. The van der Waals surface area contributed by atoms with Crippen LogP contribution in [-0.4, -0.2) is 30.1 Å². The van der Waals surface area contributed by atoms with Crippen molar-refractivity contribution in [2.45, 2.75) is 20.3 Å². The third-order valence-corrected chi connectivity index (χ3v) is 3.76. The number of carbonyl (C=O) groups is 2. The zero-order valence-electron chi connectivity index (χ0n) is 14.2. The molecule has 7 heteroatoms. The van der Waals surface area contributed by atoms with Gasteiger partial charge in [-0.2, -0.15) is 0 Å². The quantitative estimate of drug-likeness (QED) is 0.573. The molecule has 0 atom stereocenters. The summed E-state index contributed by atoms with van der Waals surface area (Å²) >= 11 is 1.17. The highest BCUT2D eigenvalue weighted by atomic mass is 32.1. The Morgan fingerprint density at radius 2 is 2.00 bits per heavy atom. The van der Waals surface area contributed by atoms with Crippen LogP contribution >= 0.6 is 11.3 Å². The monoisotopic (exact) mass is 360 g/mol. The normalized spacial score (nSPS) is 10.6. The average Bonchev–Trinajstić information content (AvgIpc) is 3.08. The van der Waals surface area contributed by atoms with Gasteiger partial charge >= 0.3 is 5.97 Å². The van der Waals surface area contributed by atoms with E-state index in [-0.39, 0.29) is 18.2 Å². The molecule has 0 radical (unpaired) electrons. The van der Waals surface area contributed by atoms with Crippen LogP contribution in [0.5, 0.6) is 5.75 Å². The minimum Gasteiger partial charge on any atom is -0.494 e. The number of carbonyl (C=O) groups excluding carboxylic acids is 2. The first-order chi connectivity index (χ1) is 12.1. The van der Waals surface area contributed by atoms with Gasteiger partial charge in [-0.1, -0.05) is 19.1 Å². The van der Waals surface area contributed by atoms with Gasteiger partial charge in [-0.15, -0.1) is 11.3 Å². The Hall–Kier alpha value is -2.67. The van der Waals surface area contributed by atoms with Crippen LogP contribution in [0.1, 0.15) is 36.3 Å². The van der Waals surface area contributed by atoms with Gasteiger partial charge in [0.1, 0.15) is 5.75 Å². The predicted molar refractivity (Wildman–Crippen MR) is 98.0 cm³/mol. The van der Waals surface area contributed by atoms with Crippen molar-refractivity contribution in [1.82, 2.24) is 4.98 Å². The Kier molecular flexibility index (Phi) is 7.16. The topological polar surface area (TPSA) is 77.5 Å². The molecule has 0 aliphatic rings. The Morgan fingerprint density at radius 3 is 2.68 bits per heavy atom. The van der Waals surface area contributed by atoms with E-state index in [4.69, 9.17) is 9.47 Å². The molecule has 1 N–H and O–H groups in total. The standard InChI is InChI=1S/C18H20N2O4S/c1-3-11-24-14-8-5-13(6-9-14)7-10-16(21)20-18-19-15(12-25-18)17(22)23-4-2/h5-10,12H,3-4,11H2,1-2H3,(H,19,20,21). The summed E-state index contributed by atoms with van der Waals surface area (Å²) in [5.74, 6) is -0.0195. The summed E-state index contributed by atoms with van der Waals surface area (Å²) in [6, 6.07) is 7.47. The third-order valence-electron chi connectivity index (χ3n) is 3.00. The van der Waals surface area contributed by atoms with E-state index >= 15 is 0 Å². The Morgan fingerprint density at radius 1 is 1.24 bits per heavy atom. The maximum Gasteiger partial charge on any atom is 0.357 e. The van der Waals surface area contributed by atoms with E-state index in [1.807, 2.05) is 31.2 Å². The minimum atomic E-state index is -0.500. The predicted octanol–water partition coefficient (Wildman–Crippen LogP) is 3.76. The highest BCUT2D eigenvalue weighted by Crippen LogP contribution is 2.17. The molecule has 6 nitrogen and oxygen atoms in total. The number of hydrogen-bond donors (Lipinski definition) is 1. The lowest BCUT2D eigenvalue weighted by atomic mass is 10.2. The summed E-state index contributed by atoms with van der Waals surface area (Å²) in [6.07, 6.45) is 4.06. The molecule has 2 rings (SSSR count). The number of nitrogens with one attached hydrogen (secondary N) is 1. The number of thiazole rings is 1. The van der Waals surface area contributed by atoms with Gasteiger partial charge in [0.2, 0.25) is 5.91 Å². The van der Waals surface area contributed by atoms with Crippen LogP contribution in [0.25, 0.3) is 6.08 Å². The zero-order chi connectivity index (χ0) is 18.1. The van der Waals surface area contributed by atoms with Crippen LogP contribution < -0.4 is 10.1 Å². The molecule has 1 amide bonds. The molecule has 1 aromatic heterocycles. The molecule has 0 fully saturated rings. The Labute approximate surface area is 150 Å². The number of amides is 1. The second kappa shape index (κ2) is 9.58. The van der Waals surface area contributed by atoms with Crippen molar-refractivity contribution >= 4 is 34.4 Å². The van der Waals surface area contributed by atoms with Crippen LogP contribution in [0.15, 0.2) is 35.7 Å². The highest BCUT2D eigenvalue weighted by Gasteiger charge is 2.12. The van der Waals surface area contributed by atoms with Gasteiger partial charge in [0, 0.05) is 11.5 Å². The first-order valence-corrected chi connectivity index (χ1v) is 8.85. The molecular formula is C18H20N2O4S. The van der Waals surface area contributed by atoms with Crippen molar-refractivity contribution in [2.24, 2.45) is 0 Å². The number of benzene rings is 1. The van der Waals surface area contributed by atoms with E-state index in [9.17, 15) is 9.59 Å². The molecule has 0 saturated carbocycles. The number of ether oxygens (including phenoxy) is 2. The van der Waals surface area contributed by atoms with E-state index in [0.717, 1.165) is 17.7 Å². The number of hydrogen-bond acceptors (Lipinski definition) is 6. The molecular weight excluding hydrogens is 340 g/mol. The van der Waals surface area contributed by atoms with Crippen LogP contribution in [0, 0.1) is 0 Å². The zero-order valence-corrected chi connectivity index (χ0v) is 15.0. The van der Waals surface area contributed by atoms with Gasteiger partial charge < -0.3 is 9.47 Å². The fourth-order valence-corrected chi connectivity index (χ4v) is 2.53. The Bertz CT molecular complexity index is 738. The molecule has 0 aliphatic carbocycles. The van der Waals surface area contributed by atoms with E-state index in [0.29, 0.717) is 11.7 Å². The second-order valence-electron chi connectivity index (χ2n) is 5.00. The minimum absolute atomic E-state index is 0.189. The molecule has 1 aromatic carbocycles. The maximum absolute atomic E-state index is 11.9. The van der Waals surface area contributed by atoms with Crippen molar-refractivity contribution in [2.75, 3.05) is 18.5 Å². The lowest BCUT2D eigenvalue weighted by molar-refractivity contribution is -0.111. The van der Waals surface area contributed by atoms with Crippen molar-refractivity contribution < 1.29 is 19.1 Å². The largest absolute Gasteiger partial charge is 0.494 e. The maximum atomic E-state index is 11.9. The molecule has 0 aliphatic heterocycles. The van der Waals surface area contributed by atoms with Crippen molar-refractivity contribution in [3.63, 3.8) is 0 Å². The van der Waals surface area contributed by atoms with Gasteiger partial charge in [-0.25, -0.2) is 9.78 Å². The third kappa shape index (κ3) is 6.04. The van der Waals surface area contributed by atoms with Crippen molar-refractivity contribution in [3.8, 4) is 5.75 Å². The first-order valence-electron chi connectivity index (χ1n) is 7.97. The number of esters is 1. The van der Waals surface area contributed by atoms with E-state index in [2.05, 4.69) is 10.3 Å². The fraction of sp³-hybridized carbons (Fsp3) is 0.278. The summed E-state index contributed by atoms with van der Waals surface area (Å²) < 4.78 is 10.4. The molecule has 25 heavy (non-hydrogen) atoms. The first kappa shape index (κ1) is 18.7. The summed E-state index contributed by atoms with van der Waals surface area (Å²) in [5.41, 5.74) is 1.07. The van der Waals surface area contributed by atoms with E-state index in [1.165, 1.54) is 17.4 Å². The molecule has 0 saturated heterocycles. The van der Waals surface area contributed by atoms with Crippen molar-refractivity contribution in [3.05, 3.63) is 47.0 Å².